The second-order valence-corrected chi connectivity index (χ2v) is 5.03. The summed E-state index contributed by atoms with van der Waals surface area (Å²) in [6.07, 6.45) is 0.860. The Morgan fingerprint density at radius 1 is 1.21 bits per heavy atom. The third-order valence-corrected chi connectivity index (χ3v) is 3.65. The van der Waals surface area contributed by atoms with E-state index in [4.69, 9.17) is 15.2 Å². The Morgan fingerprint density at radius 3 is 2.32 bits per heavy atom. The highest BCUT2D eigenvalue weighted by Crippen LogP contribution is 2.36. The van der Waals surface area contributed by atoms with Gasteiger partial charge in [0.25, 0.3) is 0 Å². The Balaban J connectivity index is 2.72. The van der Waals surface area contributed by atoms with Crippen molar-refractivity contribution in [3.63, 3.8) is 0 Å². The average molecular weight is 262 g/mol. The molecule has 1 unspecified atom stereocenters. The molecule has 2 N–H and O–H groups in total. The molecule has 1 atom stereocenters. The number of hydrogen-bond donors (Lipinski definition) is 1. The Kier molecular flexibility index (Phi) is 3.71. The summed E-state index contributed by atoms with van der Waals surface area (Å²) in [5, 5.41) is 1.19. The van der Waals surface area contributed by atoms with Crippen LogP contribution in [-0.2, 0) is 13.5 Å². The van der Waals surface area contributed by atoms with Gasteiger partial charge in [0.05, 0.1) is 19.7 Å². The zero-order valence-corrected chi connectivity index (χ0v) is 12.3. The van der Waals surface area contributed by atoms with E-state index in [0.29, 0.717) is 0 Å². The molecule has 4 heteroatoms. The topological polar surface area (TPSA) is 49.4 Å². The Morgan fingerprint density at radius 2 is 1.79 bits per heavy atom. The first-order valence-electron chi connectivity index (χ1n) is 6.45. The number of fused-ring (bicyclic) bond motifs is 1. The van der Waals surface area contributed by atoms with Gasteiger partial charge in [-0.15, -0.1) is 0 Å². The van der Waals surface area contributed by atoms with Crippen LogP contribution in [0.4, 0.5) is 0 Å². The van der Waals surface area contributed by atoms with Crippen LogP contribution in [0.25, 0.3) is 10.9 Å². The lowest BCUT2D eigenvalue weighted by molar-refractivity contribution is 0.355. The number of methoxy groups -OCH3 is 2. The molecule has 0 aliphatic heterocycles. The van der Waals surface area contributed by atoms with E-state index in [1.807, 2.05) is 19.1 Å². The van der Waals surface area contributed by atoms with Crippen LogP contribution >= 0.6 is 0 Å². The maximum absolute atomic E-state index is 5.96. The number of benzene rings is 1. The van der Waals surface area contributed by atoms with Crippen LogP contribution in [0.5, 0.6) is 11.5 Å². The lowest BCUT2D eigenvalue weighted by Crippen LogP contribution is -2.18. The van der Waals surface area contributed by atoms with Crippen molar-refractivity contribution in [2.24, 2.45) is 12.8 Å². The molecular formula is C15H22N2O2. The van der Waals surface area contributed by atoms with E-state index in [1.165, 1.54) is 16.6 Å². The summed E-state index contributed by atoms with van der Waals surface area (Å²) in [6, 6.07) is 4.20. The molecule has 0 bridgehead atoms. The van der Waals surface area contributed by atoms with Gasteiger partial charge < -0.3 is 19.8 Å². The predicted molar refractivity (Wildman–Crippen MR) is 78.1 cm³/mol. The molecular weight excluding hydrogens is 240 g/mol. The molecule has 0 spiro atoms. The van der Waals surface area contributed by atoms with Gasteiger partial charge in [0.2, 0.25) is 0 Å². The molecule has 19 heavy (non-hydrogen) atoms. The number of nitrogens with two attached hydrogens (primary N) is 1. The molecule has 0 aliphatic rings. The predicted octanol–water partition coefficient (Wildman–Crippen LogP) is 2.39. The van der Waals surface area contributed by atoms with Crippen LogP contribution in [0, 0.1) is 6.92 Å². The third-order valence-electron chi connectivity index (χ3n) is 3.65. The van der Waals surface area contributed by atoms with Crippen LogP contribution in [0.15, 0.2) is 12.1 Å². The van der Waals surface area contributed by atoms with Crippen LogP contribution in [0.1, 0.15) is 18.2 Å². The SMILES string of the molecule is COc1cc2c(CC(C)N)c(C)n(C)c2cc1OC. The molecule has 2 rings (SSSR count). The van der Waals surface area contributed by atoms with E-state index in [9.17, 15) is 0 Å². The number of rotatable bonds is 4. The monoisotopic (exact) mass is 262 g/mol. The van der Waals surface area contributed by atoms with Crippen molar-refractivity contribution in [1.82, 2.24) is 4.57 Å². The number of aromatic nitrogens is 1. The van der Waals surface area contributed by atoms with E-state index >= 15 is 0 Å². The lowest BCUT2D eigenvalue weighted by Gasteiger charge is -2.09. The summed E-state index contributed by atoms with van der Waals surface area (Å²) >= 11 is 0. The summed E-state index contributed by atoms with van der Waals surface area (Å²) in [4.78, 5) is 0. The van der Waals surface area contributed by atoms with Crippen molar-refractivity contribution in [2.75, 3.05) is 14.2 Å². The van der Waals surface area contributed by atoms with Gasteiger partial charge in [-0.1, -0.05) is 0 Å². The molecule has 0 saturated heterocycles. The maximum Gasteiger partial charge on any atom is 0.162 e. The summed E-state index contributed by atoms with van der Waals surface area (Å²) in [5.74, 6) is 1.51. The Labute approximate surface area is 114 Å². The Hall–Kier alpha value is -1.68. The molecule has 1 heterocycles. The molecule has 2 aromatic rings. The van der Waals surface area contributed by atoms with E-state index < -0.39 is 0 Å². The van der Waals surface area contributed by atoms with E-state index in [1.54, 1.807) is 14.2 Å². The molecule has 0 fully saturated rings. The summed E-state index contributed by atoms with van der Waals surface area (Å²) in [7, 11) is 5.38. The minimum absolute atomic E-state index is 0.136. The quantitative estimate of drug-likeness (QED) is 0.920. The average Bonchev–Trinajstić information content (AvgIpc) is 2.61. The number of hydrogen-bond acceptors (Lipinski definition) is 3. The standard InChI is InChI=1S/C15H22N2O2/c1-9(16)6-11-10(2)17(3)13-8-15(19-5)14(18-4)7-12(11)13/h7-9H,6,16H2,1-5H3. The van der Waals surface area contributed by atoms with E-state index in [2.05, 4.69) is 18.5 Å². The minimum Gasteiger partial charge on any atom is -0.493 e. The molecule has 0 aliphatic carbocycles. The molecule has 0 amide bonds. The smallest absolute Gasteiger partial charge is 0.162 e. The van der Waals surface area contributed by atoms with Crippen molar-refractivity contribution in [3.8, 4) is 11.5 Å². The van der Waals surface area contributed by atoms with Gasteiger partial charge in [0.1, 0.15) is 0 Å². The second-order valence-electron chi connectivity index (χ2n) is 5.03. The first-order valence-corrected chi connectivity index (χ1v) is 6.45. The second kappa shape index (κ2) is 5.13. The van der Waals surface area contributed by atoms with Gasteiger partial charge in [-0.25, -0.2) is 0 Å². The first kappa shape index (κ1) is 13.7. The fraction of sp³-hybridized carbons (Fsp3) is 0.467. The van der Waals surface area contributed by atoms with Crippen LogP contribution < -0.4 is 15.2 Å². The number of aryl methyl sites for hydroxylation is 1. The van der Waals surface area contributed by atoms with Crippen molar-refractivity contribution in [2.45, 2.75) is 26.3 Å². The zero-order valence-electron chi connectivity index (χ0n) is 12.3. The molecule has 1 aromatic carbocycles. The van der Waals surface area contributed by atoms with E-state index in [0.717, 1.165) is 23.4 Å². The highest BCUT2D eigenvalue weighted by Gasteiger charge is 2.16. The van der Waals surface area contributed by atoms with Gasteiger partial charge in [0.15, 0.2) is 11.5 Å². The van der Waals surface area contributed by atoms with Gasteiger partial charge in [-0.2, -0.15) is 0 Å². The van der Waals surface area contributed by atoms with Gasteiger partial charge >= 0.3 is 0 Å². The van der Waals surface area contributed by atoms with Gasteiger partial charge in [0, 0.05) is 30.2 Å². The summed E-state index contributed by atoms with van der Waals surface area (Å²) in [5.41, 5.74) is 9.62. The summed E-state index contributed by atoms with van der Waals surface area (Å²) < 4.78 is 12.9. The van der Waals surface area contributed by atoms with Gasteiger partial charge in [-0.05, 0) is 31.9 Å². The number of nitrogens with zero attached hydrogens (tertiary/aromatic N) is 1. The van der Waals surface area contributed by atoms with Gasteiger partial charge in [-0.3, -0.25) is 0 Å². The molecule has 104 valence electrons. The zero-order chi connectivity index (χ0) is 14.2. The first-order chi connectivity index (χ1) is 8.99. The van der Waals surface area contributed by atoms with Crippen LogP contribution in [0.3, 0.4) is 0 Å². The third kappa shape index (κ3) is 2.28. The maximum atomic E-state index is 5.96. The fourth-order valence-electron chi connectivity index (χ4n) is 2.55. The Bertz CT molecular complexity index is 600. The molecule has 4 nitrogen and oxygen atoms in total. The van der Waals surface area contributed by atoms with E-state index in [-0.39, 0.29) is 6.04 Å². The largest absolute Gasteiger partial charge is 0.493 e. The number of ether oxygens (including phenoxy) is 2. The van der Waals surface area contributed by atoms with Crippen molar-refractivity contribution >= 4 is 10.9 Å². The van der Waals surface area contributed by atoms with Crippen LogP contribution in [0.2, 0.25) is 0 Å². The van der Waals surface area contributed by atoms with Crippen molar-refractivity contribution in [3.05, 3.63) is 23.4 Å². The molecule has 0 saturated carbocycles. The lowest BCUT2D eigenvalue weighted by atomic mass is 10.0. The molecule has 1 aromatic heterocycles. The molecule has 0 radical (unpaired) electrons. The highest BCUT2D eigenvalue weighted by atomic mass is 16.5. The minimum atomic E-state index is 0.136. The fourth-order valence-corrected chi connectivity index (χ4v) is 2.55. The van der Waals surface area contributed by atoms with Crippen molar-refractivity contribution < 1.29 is 9.47 Å². The summed E-state index contributed by atoms with van der Waals surface area (Å²) in [6.45, 7) is 4.15. The highest BCUT2D eigenvalue weighted by molar-refractivity contribution is 5.88. The van der Waals surface area contributed by atoms with Crippen LogP contribution in [-0.4, -0.2) is 24.8 Å². The van der Waals surface area contributed by atoms with Crippen molar-refractivity contribution in [1.29, 1.82) is 0 Å². The normalized spacial score (nSPS) is 12.7.